The molecule has 0 spiro atoms. The van der Waals surface area contributed by atoms with E-state index in [1.54, 1.807) is 13.2 Å². The van der Waals surface area contributed by atoms with Crippen LogP contribution in [-0.4, -0.2) is 20.2 Å². The van der Waals surface area contributed by atoms with Crippen LogP contribution in [0.2, 0.25) is 0 Å². The Hall–Kier alpha value is -2.21. The standard InChI is InChI=1S/C20H28N2O/c1-4-6-15-22(16-7-5-2)19-13-12-18(20(17-19)23-3)11-9-8-10-14-21/h8-13,17H,4-7,15-16H2,1-3H3/b10-8?,11-9+. The van der Waals surface area contributed by atoms with E-state index in [4.69, 9.17) is 10.00 Å². The molecule has 1 rings (SSSR count). The topological polar surface area (TPSA) is 36.3 Å². The van der Waals surface area contributed by atoms with Crippen LogP contribution in [0, 0.1) is 11.3 Å². The molecule has 0 unspecified atom stereocenters. The van der Waals surface area contributed by atoms with Crippen molar-refractivity contribution in [1.29, 1.82) is 5.26 Å². The molecule has 3 nitrogen and oxygen atoms in total. The molecule has 0 radical (unpaired) electrons. The van der Waals surface area contributed by atoms with Crippen molar-refractivity contribution in [3.05, 3.63) is 42.0 Å². The van der Waals surface area contributed by atoms with Crippen molar-refractivity contribution < 1.29 is 4.74 Å². The second kappa shape index (κ2) is 11.4. The summed E-state index contributed by atoms with van der Waals surface area (Å²) in [5.41, 5.74) is 2.23. The van der Waals surface area contributed by atoms with Gasteiger partial charge in [-0.1, -0.05) is 44.9 Å². The summed E-state index contributed by atoms with van der Waals surface area (Å²) in [5.74, 6) is 0.863. The first-order chi connectivity index (χ1) is 11.3. The number of ether oxygens (including phenoxy) is 1. The second-order valence-electron chi connectivity index (χ2n) is 5.47. The summed E-state index contributed by atoms with van der Waals surface area (Å²) in [4.78, 5) is 2.44. The highest BCUT2D eigenvalue weighted by atomic mass is 16.5. The molecule has 0 heterocycles. The number of rotatable bonds is 10. The number of unbranched alkanes of at least 4 members (excludes halogenated alkanes) is 2. The van der Waals surface area contributed by atoms with Crippen molar-refractivity contribution in [3.8, 4) is 11.8 Å². The van der Waals surface area contributed by atoms with Crippen molar-refractivity contribution in [3.63, 3.8) is 0 Å². The molecule has 0 N–H and O–H groups in total. The maximum atomic E-state index is 8.50. The highest BCUT2D eigenvalue weighted by molar-refractivity contribution is 5.64. The molecule has 0 saturated carbocycles. The van der Waals surface area contributed by atoms with Crippen molar-refractivity contribution >= 4 is 11.8 Å². The van der Waals surface area contributed by atoms with E-state index >= 15 is 0 Å². The normalized spacial score (nSPS) is 11.0. The van der Waals surface area contributed by atoms with Crippen molar-refractivity contribution in [2.45, 2.75) is 39.5 Å². The predicted octanol–water partition coefficient (Wildman–Crippen LogP) is 5.19. The number of hydrogen-bond donors (Lipinski definition) is 0. The Kier molecular flexibility index (Phi) is 9.31. The van der Waals surface area contributed by atoms with Gasteiger partial charge in [0, 0.05) is 36.5 Å². The SMILES string of the molecule is CCCCN(CCCC)c1ccc(/C=C/C=CC#N)c(OC)c1. The van der Waals surface area contributed by atoms with E-state index in [0.717, 1.165) is 24.4 Å². The number of allylic oxidation sites excluding steroid dienone is 3. The fraction of sp³-hybridized carbons (Fsp3) is 0.450. The van der Waals surface area contributed by atoms with Gasteiger partial charge in [0.2, 0.25) is 0 Å². The van der Waals surface area contributed by atoms with Gasteiger partial charge in [0.15, 0.2) is 0 Å². The Morgan fingerprint density at radius 3 is 2.39 bits per heavy atom. The summed E-state index contributed by atoms with van der Waals surface area (Å²) in [6.45, 7) is 6.61. The van der Waals surface area contributed by atoms with Gasteiger partial charge in [-0.05, 0) is 25.0 Å². The number of nitrogens with zero attached hydrogens (tertiary/aromatic N) is 2. The number of benzene rings is 1. The van der Waals surface area contributed by atoms with Crippen molar-refractivity contribution in [1.82, 2.24) is 0 Å². The zero-order valence-corrected chi connectivity index (χ0v) is 14.6. The molecule has 3 heteroatoms. The first-order valence-electron chi connectivity index (χ1n) is 8.42. The Balaban J connectivity index is 2.95. The van der Waals surface area contributed by atoms with Crippen LogP contribution in [-0.2, 0) is 0 Å². The molecule has 0 aliphatic rings. The molecule has 0 amide bonds. The largest absolute Gasteiger partial charge is 0.496 e. The van der Waals surface area contributed by atoms with E-state index in [2.05, 4.69) is 36.9 Å². The summed E-state index contributed by atoms with van der Waals surface area (Å²) in [6, 6.07) is 8.32. The summed E-state index contributed by atoms with van der Waals surface area (Å²) in [6.07, 6.45) is 11.8. The first-order valence-corrected chi connectivity index (χ1v) is 8.42. The van der Waals surface area contributed by atoms with Crippen LogP contribution >= 0.6 is 0 Å². The lowest BCUT2D eigenvalue weighted by atomic mass is 10.1. The van der Waals surface area contributed by atoms with Crippen molar-refractivity contribution in [2.75, 3.05) is 25.1 Å². The molecule has 0 atom stereocenters. The Morgan fingerprint density at radius 1 is 1.13 bits per heavy atom. The van der Waals surface area contributed by atoms with Gasteiger partial charge < -0.3 is 9.64 Å². The molecule has 0 fully saturated rings. The van der Waals surface area contributed by atoms with Crippen LogP contribution in [0.15, 0.2) is 36.4 Å². The van der Waals surface area contributed by atoms with Crippen LogP contribution in [0.3, 0.4) is 0 Å². The third kappa shape index (κ3) is 6.61. The van der Waals surface area contributed by atoms with Gasteiger partial charge in [0.25, 0.3) is 0 Å². The molecule has 0 bridgehead atoms. The lowest BCUT2D eigenvalue weighted by molar-refractivity contribution is 0.414. The smallest absolute Gasteiger partial charge is 0.128 e. The van der Waals surface area contributed by atoms with Crippen LogP contribution < -0.4 is 9.64 Å². The lowest BCUT2D eigenvalue weighted by Crippen LogP contribution is -2.25. The quantitative estimate of drug-likeness (QED) is 0.440. The zero-order chi connectivity index (χ0) is 16.9. The van der Waals surface area contributed by atoms with Crippen LogP contribution in [0.25, 0.3) is 6.08 Å². The van der Waals surface area contributed by atoms with Crippen LogP contribution in [0.1, 0.15) is 45.1 Å². The Morgan fingerprint density at radius 2 is 1.83 bits per heavy atom. The van der Waals surface area contributed by atoms with Crippen LogP contribution in [0.5, 0.6) is 5.75 Å². The highest BCUT2D eigenvalue weighted by Crippen LogP contribution is 2.27. The molecule has 0 aliphatic heterocycles. The second-order valence-corrected chi connectivity index (χ2v) is 5.47. The highest BCUT2D eigenvalue weighted by Gasteiger charge is 2.09. The molecule has 0 aromatic heterocycles. The average Bonchev–Trinajstić information content (AvgIpc) is 2.59. The molecule has 23 heavy (non-hydrogen) atoms. The monoisotopic (exact) mass is 312 g/mol. The number of methoxy groups -OCH3 is 1. The minimum Gasteiger partial charge on any atom is -0.496 e. The zero-order valence-electron chi connectivity index (χ0n) is 14.6. The van der Waals surface area contributed by atoms with E-state index < -0.39 is 0 Å². The van der Waals surface area contributed by atoms with E-state index in [9.17, 15) is 0 Å². The van der Waals surface area contributed by atoms with Crippen LogP contribution in [0.4, 0.5) is 5.69 Å². The Labute approximate surface area is 140 Å². The molecule has 0 aliphatic carbocycles. The van der Waals surface area contributed by atoms with E-state index in [-0.39, 0.29) is 0 Å². The summed E-state index contributed by atoms with van der Waals surface area (Å²) < 4.78 is 5.54. The number of anilines is 1. The van der Waals surface area contributed by atoms with E-state index in [0.29, 0.717) is 0 Å². The number of nitriles is 1. The van der Waals surface area contributed by atoms with Gasteiger partial charge in [-0.2, -0.15) is 5.26 Å². The molecule has 1 aromatic rings. The molecular weight excluding hydrogens is 284 g/mol. The minimum atomic E-state index is 0.863. The first kappa shape index (κ1) is 18.8. The summed E-state index contributed by atoms with van der Waals surface area (Å²) in [7, 11) is 1.70. The number of hydrogen-bond acceptors (Lipinski definition) is 3. The summed E-state index contributed by atoms with van der Waals surface area (Å²) >= 11 is 0. The Bertz CT molecular complexity index is 547. The molecule has 1 aromatic carbocycles. The van der Waals surface area contributed by atoms with E-state index in [1.807, 2.05) is 18.2 Å². The van der Waals surface area contributed by atoms with Gasteiger partial charge in [-0.15, -0.1) is 0 Å². The summed E-state index contributed by atoms with van der Waals surface area (Å²) in [5, 5.41) is 8.50. The molecular formula is C20H28N2O. The van der Waals surface area contributed by atoms with Gasteiger partial charge in [-0.25, -0.2) is 0 Å². The van der Waals surface area contributed by atoms with Crippen molar-refractivity contribution in [2.24, 2.45) is 0 Å². The molecule has 124 valence electrons. The van der Waals surface area contributed by atoms with Gasteiger partial charge in [0.1, 0.15) is 5.75 Å². The minimum absolute atomic E-state index is 0.863. The fourth-order valence-corrected chi connectivity index (χ4v) is 2.36. The maximum Gasteiger partial charge on any atom is 0.128 e. The van der Waals surface area contributed by atoms with Gasteiger partial charge in [-0.3, -0.25) is 0 Å². The average molecular weight is 312 g/mol. The lowest BCUT2D eigenvalue weighted by Gasteiger charge is -2.25. The predicted molar refractivity (Wildman–Crippen MR) is 98.8 cm³/mol. The van der Waals surface area contributed by atoms with Gasteiger partial charge >= 0.3 is 0 Å². The third-order valence-electron chi connectivity index (χ3n) is 3.70. The third-order valence-corrected chi connectivity index (χ3v) is 3.70. The fourth-order valence-electron chi connectivity index (χ4n) is 2.36. The molecule has 0 saturated heterocycles. The van der Waals surface area contributed by atoms with Gasteiger partial charge in [0.05, 0.1) is 13.2 Å². The maximum absolute atomic E-state index is 8.50. The van der Waals surface area contributed by atoms with E-state index in [1.165, 1.54) is 37.4 Å².